The monoisotopic (exact) mass is 241 g/mol. The van der Waals surface area contributed by atoms with Crippen LogP contribution in [-0.2, 0) is 17.8 Å². The Morgan fingerprint density at radius 2 is 2.44 bits per heavy atom. The summed E-state index contributed by atoms with van der Waals surface area (Å²) < 4.78 is 5.52. The third-order valence-corrected chi connectivity index (χ3v) is 3.47. The summed E-state index contributed by atoms with van der Waals surface area (Å²) in [6, 6.07) is 0. The normalized spacial score (nSPS) is 15.6. The van der Waals surface area contributed by atoms with Crippen LogP contribution in [0.4, 0.5) is 0 Å². The molecule has 1 aliphatic carbocycles. The number of ether oxygens (including phenoxy) is 1. The first-order valence-electron chi connectivity index (χ1n) is 5.80. The maximum Gasteiger partial charge on any atom is 0.106 e. The smallest absolute Gasteiger partial charge is 0.106 e. The van der Waals surface area contributed by atoms with Gasteiger partial charge in [0.25, 0.3) is 0 Å². The highest BCUT2D eigenvalue weighted by Crippen LogP contribution is 2.28. The zero-order valence-electron chi connectivity index (χ0n) is 9.45. The minimum absolute atomic E-state index is 0.537. The van der Waals surface area contributed by atoms with Crippen molar-refractivity contribution in [2.45, 2.75) is 25.9 Å². The van der Waals surface area contributed by atoms with Gasteiger partial charge in [-0.1, -0.05) is 0 Å². The van der Waals surface area contributed by atoms with Gasteiger partial charge >= 0.3 is 0 Å². The molecule has 1 saturated carbocycles. The van der Waals surface area contributed by atoms with Gasteiger partial charge in [0.2, 0.25) is 0 Å². The first-order chi connectivity index (χ1) is 7.88. The Bertz CT molecular complexity index is 312. The lowest BCUT2D eigenvalue weighted by Gasteiger charge is -2.03. The van der Waals surface area contributed by atoms with Crippen LogP contribution in [0, 0.1) is 5.92 Å². The van der Waals surface area contributed by atoms with Gasteiger partial charge in [0.05, 0.1) is 12.3 Å². The Hall–Kier alpha value is -0.490. The van der Waals surface area contributed by atoms with Crippen LogP contribution in [-0.4, -0.2) is 24.7 Å². The summed E-state index contributed by atoms with van der Waals surface area (Å²) in [5.41, 5.74) is 6.58. The maximum atomic E-state index is 5.52. The van der Waals surface area contributed by atoms with Crippen molar-refractivity contribution in [2.75, 3.05) is 19.8 Å². The van der Waals surface area contributed by atoms with E-state index in [1.807, 2.05) is 0 Å². The average molecular weight is 241 g/mol. The molecule has 4 nitrogen and oxygen atoms in total. The van der Waals surface area contributed by atoms with Crippen LogP contribution in [0.25, 0.3) is 0 Å². The van der Waals surface area contributed by atoms with Gasteiger partial charge < -0.3 is 15.8 Å². The minimum atomic E-state index is 0.537. The molecule has 90 valence electrons. The molecular weight excluding hydrogens is 222 g/mol. The number of hydrogen-bond acceptors (Lipinski definition) is 5. The molecule has 0 spiro atoms. The first kappa shape index (κ1) is 12.0. The fraction of sp³-hybridized carbons (Fsp3) is 0.727. The second-order valence-electron chi connectivity index (χ2n) is 4.13. The topological polar surface area (TPSA) is 60.2 Å². The second-order valence-corrected chi connectivity index (χ2v) is 5.07. The SMILES string of the molecule is NCc1nc(CNCCOCC2CC2)cs1. The van der Waals surface area contributed by atoms with E-state index in [2.05, 4.69) is 15.7 Å². The van der Waals surface area contributed by atoms with E-state index in [4.69, 9.17) is 10.5 Å². The molecule has 0 amide bonds. The molecule has 0 atom stereocenters. The molecule has 5 heteroatoms. The van der Waals surface area contributed by atoms with E-state index in [-0.39, 0.29) is 0 Å². The summed E-state index contributed by atoms with van der Waals surface area (Å²) in [7, 11) is 0. The highest BCUT2D eigenvalue weighted by molar-refractivity contribution is 7.09. The van der Waals surface area contributed by atoms with Crippen molar-refractivity contribution in [3.05, 3.63) is 16.1 Å². The van der Waals surface area contributed by atoms with Crippen molar-refractivity contribution in [3.8, 4) is 0 Å². The molecule has 16 heavy (non-hydrogen) atoms. The third-order valence-electron chi connectivity index (χ3n) is 2.55. The van der Waals surface area contributed by atoms with Gasteiger partial charge in [-0.25, -0.2) is 4.98 Å². The van der Waals surface area contributed by atoms with Gasteiger partial charge in [-0.2, -0.15) is 0 Å². The Balaban J connectivity index is 1.49. The van der Waals surface area contributed by atoms with E-state index in [0.717, 1.165) is 42.9 Å². The predicted molar refractivity (Wildman–Crippen MR) is 65.3 cm³/mol. The maximum absolute atomic E-state index is 5.52. The molecule has 0 unspecified atom stereocenters. The molecule has 1 aromatic rings. The van der Waals surface area contributed by atoms with Crippen molar-refractivity contribution in [3.63, 3.8) is 0 Å². The van der Waals surface area contributed by atoms with Crippen LogP contribution < -0.4 is 11.1 Å². The Kier molecular flexibility index (Phi) is 4.71. The van der Waals surface area contributed by atoms with Crippen molar-refractivity contribution >= 4 is 11.3 Å². The number of rotatable bonds is 8. The van der Waals surface area contributed by atoms with Crippen LogP contribution in [0.3, 0.4) is 0 Å². The van der Waals surface area contributed by atoms with Gasteiger partial charge in [-0.3, -0.25) is 0 Å². The average Bonchev–Trinajstić information content (AvgIpc) is 3.01. The predicted octanol–water partition coefficient (Wildman–Crippen LogP) is 1.12. The summed E-state index contributed by atoms with van der Waals surface area (Å²) >= 11 is 1.62. The molecule has 0 radical (unpaired) electrons. The molecular formula is C11H19N3OS. The minimum Gasteiger partial charge on any atom is -0.380 e. The third kappa shape index (κ3) is 4.17. The molecule has 0 bridgehead atoms. The van der Waals surface area contributed by atoms with E-state index in [0.29, 0.717) is 6.54 Å². The number of aromatic nitrogens is 1. The van der Waals surface area contributed by atoms with Gasteiger partial charge in [0.1, 0.15) is 5.01 Å². The highest BCUT2D eigenvalue weighted by atomic mass is 32.1. The fourth-order valence-corrected chi connectivity index (χ4v) is 2.09. The van der Waals surface area contributed by atoms with Gasteiger partial charge in [-0.05, 0) is 18.8 Å². The Labute approximate surface area is 100 Å². The molecule has 1 fully saturated rings. The quantitative estimate of drug-likeness (QED) is 0.670. The summed E-state index contributed by atoms with van der Waals surface area (Å²) in [4.78, 5) is 4.37. The lowest BCUT2D eigenvalue weighted by atomic mass is 10.4. The number of hydrogen-bond donors (Lipinski definition) is 2. The largest absolute Gasteiger partial charge is 0.380 e. The summed E-state index contributed by atoms with van der Waals surface area (Å²) in [6.45, 7) is 3.97. The Morgan fingerprint density at radius 1 is 1.56 bits per heavy atom. The van der Waals surface area contributed by atoms with Crippen molar-refractivity contribution in [1.29, 1.82) is 0 Å². The van der Waals surface area contributed by atoms with Crippen LogP contribution in [0.5, 0.6) is 0 Å². The van der Waals surface area contributed by atoms with Gasteiger partial charge in [0.15, 0.2) is 0 Å². The standard InChI is InChI=1S/C11H19N3OS/c12-5-11-14-10(8-16-11)6-13-3-4-15-7-9-1-2-9/h8-9,13H,1-7,12H2. The van der Waals surface area contributed by atoms with E-state index < -0.39 is 0 Å². The lowest BCUT2D eigenvalue weighted by molar-refractivity contribution is 0.126. The zero-order chi connectivity index (χ0) is 11.2. The van der Waals surface area contributed by atoms with E-state index in [1.165, 1.54) is 12.8 Å². The fourth-order valence-electron chi connectivity index (χ4n) is 1.42. The van der Waals surface area contributed by atoms with Crippen LogP contribution in [0.15, 0.2) is 5.38 Å². The zero-order valence-corrected chi connectivity index (χ0v) is 10.3. The van der Waals surface area contributed by atoms with Gasteiger partial charge in [0, 0.05) is 31.6 Å². The van der Waals surface area contributed by atoms with Gasteiger partial charge in [-0.15, -0.1) is 11.3 Å². The Morgan fingerprint density at radius 3 is 3.12 bits per heavy atom. The van der Waals surface area contributed by atoms with Crippen molar-refractivity contribution in [2.24, 2.45) is 11.7 Å². The molecule has 1 aliphatic rings. The number of nitrogens with two attached hydrogens (primary N) is 1. The molecule has 0 aliphatic heterocycles. The van der Waals surface area contributed by atoms with Crippen molar-refractivity contribution in [1.82, 2.24) is 10.3 Å². The molecule has 3 N–H and O–H groups in total. The van der Waals surface area contributed by atoms with Crippen LogP contribution in [0.2, 0.25) is 0 Å². The van der Waals surface area contributed by atoms with Crippen LogP contribution in [0.1, 0.15) is 23.5 Å². The number of nitrogens with zero attached hydrogens (tertiary/aromatic N) is 1. The lowest BCUT2D eigenvalue weighted by Crippen LogP contribution is -2.20. The highest BCUT2D eigenvalue weighted by Gasteiger charge is 2.20. The first-order valence-corrected chi connectivity index (χ1v) is 6.68. The van der Waals surface area contributed by atoms with Crippen LogP contribution >= 0.6 is 11.3 Å². The van der Waals surface area contributed by atoms with E-state index in [9.17, 15) is 0 Å². The van der Waals surface area contributed by atoms with E-state index >= 15 is 0 Å². The van der Waals surface area contributed by atoms with Crippen molar-refractivity contribution < 1.29 is 4.74 Å². The molecule has 2 rings (SSSR count). The molecule has 1 aromatic heterocycles. The number of nitrogens with one attached hydrogen (secondary N) is 1. The number of thiazole rings is 1. The summed E-state index contributed by atoms with van der Waals surface area (Å²) in [5, 5.41) is 6.37. The summed E-state index contributed by atoms with van der Waals surface area (Å²) in [6.07, 6.45) is 2.71. The summed E-state index contributed by atoms with van der Waals surface area (Å²) in [5.74, 6) is 0.852. The molecule has 0 saturated heterocycles. The molecule has 0 aromatic carbocycles. The van der Waals surface area contributed by atoms with E-state index in [1.54, 1.807) is 11.3 Å². The molecule has 1 heterocycles. The second kappa shape index (κ2) is 6.30.